The summed E-state index contributed by atoms with van der Waals surface area (Å²) in [5.41, 5.74) is -12.5. The van der Waals surface area contributed by atoms with E-state index >= 15 is 0 Å². The molecule has 430 valence electrons. The van der Waals surface area contributed by atoms with Gasteiger partial charge >= 0.3 is 37.2 Å². The fourth-order valence-electron chi connectivity index (χ4n) is 4.13. The number of nitrogens with zero attached hydrogens (tertiary/aromatic N) is 3. The number of alkyl halides is 6. The van der Waals surface area contributed by atoms with E-state index in [2.05, 4.69) is 31.9 Å². The second kappa shape index (κ2) is 34.5. The summed E-state index contributed by atoms with van der Waals surface area (Å²) in [6.45, 7) is 19.9. The van der Waals surface area contributed by atoms with Gasteiger partial charge < -0.3 is 29.0 Å². The lowest BCUT2D eigenvalue weighted by atomic mass is 10.1. The van der Waals surface area contributed by atoms with Crippen molar-refractivity contribution in [1.82, 2.24) is 18.2 Å². The Morgan fingerprint density at radius 2 is 0.931 bits per heavy atom. The molecule has 0 saturated carbocycles. The number of carbonyl (C=O) groups excluding carboxylic acids is 2. The molecule has 4 aliphatic heterocycles. The van der Waals surface area contributed by atoms with Crippen molar-refractivity contribution < 1.29 is 114 Å². The van der Waals surface area contributed by atoms with Crippen LogP contribution in [0.25, 0.3) is 0 Å². The van der Waals surface area contributed by atoms with Crippen LogP contribution < -0.4 is 5.32 Å². The van der Waals surface area contributed by atoms with E-state index in [9.17, 15) is 86.4 Å². The highest BCUT2D eigenvalue weighted by Gasteiger charge is 2.57. The molecule has 0 atom stereocenters. The monoisotopic (exact) mass is 1200 g/mol. The average Bonchev–Trinajstić information content (AvgIpc) is 3.26. The number of hydrogen-bond acceptors (Lipinski definition) is 21. The van der Waals surface area contributed by atoms with Crippen molar-refractivity contribution in [2.45, 2.75) is 52.6 Å². The molecule has 72 heavy (non-hydrogen) atoms. The standard InChI is InChI=1S/C9H17NO4S.C9H15NO3S.C5H11NO3S.C5H10O2.C4H9NO.C2F6O5S2.CH3ClO2S/c1-8(2)9(11)7-15(12,13)10-3-5-14-6-4-10;1-9(2)3-8-14(11,12)10-4-6-13-7-5-10;1-10(7,8)6-2-4-9-5-3-6;1-4(2)5(6)7-3;1-3-6-4-2-5-1;3-1(4,5)14(9,10)13-15(11,12)2(6,7)8;1-5(2,3)4/h8H,3-7H2,1-2H3;9H,4-7H2,1-2H3;2-5H2,1H3;4H,1-3H3;5H,1-4H2;;1H3. The Balaban J connectivity index is -0.000000797. The zero-order chi connectivity index (χ0) is 57.0. The molecule has 0 aromatic rings. The molecule has 4 rings (SSSR count). The number of halogens is 7. The fraction of sp³-hybridized carbons (Fsp3) is 0.886. The number of esters is 1. The highest BCUT2D eigenvalue weighted by molar-refractivity contribution is 8.13. The van der Waals surface area contributed by atoms with Crippen molar-refractivity contribution in [1.29, 1.82) is 0 Å². The van der Waals surface area contributed by atoms with Gasteiger partial charge in [0, 0.05) is 80.1 Å². The summed E-state index contributed by atoms with van der Waals surface area (Å²) in [4.78, 5) is 21.7. The lowest BCUT2D eigenvalue weighted by molar-refractivity contribution is -0.144. The topological polar surface area (TPSA) is 316 Å². The lowest BCUT2D eigenvalue weighted by Crippen LogP contribution is -2.43. The van der Waals surface area contributed by atoms with Crippen LogP contribution in [0.15, 0.2) is 0 Å². The van der Waals surface area contributed by atoms with Crippen LogP contribution in [-0.4, -0.2) is 217 Å². The van der Waals surface area contributed by atoms with Gasteiger partial charge in [0.05, 0.1) is 78.4 Å². The molecule has 0 unspecified atom stereocenters. The number of rotatable bonds is 9. The van der Waals surface area contributed by atoms with Gasteiger partial charge in [-0.1, -0.05) is 47.5 Å². The Hall–Kier alpha value is -2.09. The van der Waals surface area contributed by atoms with E-state index in [0.29, 0.717) is 78.9 Å². The van der Waals surface area contributed by atoms with Crippen molar-refractivity contribution in [2.24, 2.45) is 17.8 Å². The van der Waals surface area contributed by atoms with Gasteiger partial charge in [-0.3, -0.25) is 9.59 Å². The number of ether oxygens (including phenoxy) is 5. The maximum absolute atomic E-state index is 11.8. The summed E-state index contributed by atoms with van der Waals surface area (Å²) in [6.07, 6.45) is 2.15. The van der Waals surface area contributed by atoms with Gasteiger partial charge in [0.25, 0.3) is 10.0 Å². The number of methoxy groups -OCH3 is 1. The number of Topliss-reactive ketones (excluding diaryl/α,β-unsaturated/α-hetero) is 1. The SMILES string of the molecule is C1COCCN1.CC(C)C#CS(=O)(=O)N1CCOCC1.CC(C)C(=O)CS(=O)(=O)N1CCOCC1.COC(=O)C(C)C.CS(=O)(=O)Cl.CS(=O)(=O)N1CCOCC1.O=S(=O)(OS(=O)(=O)C(F)(F)F)C(F)(F)F. The van der Waals surface area contributed by atoms with Gasteiger partial charge in [-0.25, -0.2) is 25.3 Å². The zero-order valence-electron chi connectivity index (χ0n) is 40.9. The third-order valence-corrected chi connectivity index (χ3v) is 14.9. The van der Waals surface area contributed by atoms with Crippen LogP contribution >= 0.6 is 10.7 Å². The van der Waals surface area contributed by atoms with Crippen molar-refractivity contribution in [2.75, 3.05) is 131 Å². The van der Waals surface area contributed by atoms with E-state index in [0.717, 1.165) is 32.6 Å². The molecule has 0 spiro atoms. The summed E-state index contributed by atoms with van der Waals surface area (Å²) in [7, 11) is -20.8. The Morgan fingerprint density at radius 3 is 1.15 bits per heavy atom. The maximum Gasteiger partial charge on any atom is 0.524 e. The average molecular weight is 1200 g/mol. The van der Waals surface area contributed by atoms with Crippen molar-refractivity contribution in [3.63, 3.8) is 0 Å². The van der Waals surface area contributed by atoms with Gasteiger partial charge in [-0.15, -0.1) is 3.63 Å². The first-order chi connectivity index (χ1) is 32.4. The molecular weight excluding hydrogens is 1140 g/mol. The van der Waals surface area contributed by atoms with Crippen LogP contribution in [0.2, 0.25) is 0 Å². The maximum atomic E-state index is 11.8. The Kier molecular flexibility index (Phi) is 35.6. The van der Waals surface area contributed by atoms with E-state index in [1.807, 2.05) is 17.5 Å². The van der Waals surface area contributed by atoms with Gasteiger partial charge in [-0.05, 0) is 0 Å². The van der Waals surface area contributed by atoms with E-state index in [1.54, 1.807) is 27.7 Å². The molecule has 0 radical (unpaired) electrons. The molecule has 4 fully saturated rings. The molecule has 0 bridgehead atoms. The predicted octanol–water partition coefficient (Wildman–Crippen LogP) is 0.726. The summed E-state index contributed by atoms with van der Waals surface area (Å²) in [5.74, 6) is 1.73. The third-order valence-electron chi connectivity index (χ3n) is 7.82. The minimum absolute atomic E-state index is 0.00463. The first-order valence-corrected chi connectivity index (χ1v) is 31.2. The van der Waals surface area contributed by atoms with Crippen LogP contribution in [-0.2, 0) is 96.3 Å². The fourth-order valence-corrected chi connectivity index (χ4v) is 9.23. The molecule has 1 N–H and O–H groups in total. The number of nitrogens with one attached hydrogen (secondary N) is 1. The molecule has 0 amide bonds. The van der Waals surface area contributed by atoms with E-state index in [1.165, 1.54) is 26.3 Å². The summed E-state index contributed by atoms with van der Waals surface area (Å²) in [6, 6.07) is 0. The second-order valence-electron chi connectivity index (χ2n) is 15.2. The largest absolute Gasteiger partial charge is 0.524 e. The van der Waals surface area contributed by atoms with Crippen molar-refractivity contribution in [3.8, 4) is 11.2 Å². The highest BCUT2D eigenvalue weighted by Crippen LogP contribution is 2.32. The van der Waals surface area contributed by atoms with E-state index < -0.39 is 70.4 Å². The minimum atomic E-state index is -6.85. The van der Waals surface area contributed by atoms with Crippen LogP contribution in [0.4, 0.5) is 26.3 Å². The number of sulfonamides is 3. The first kappa shape index (κ1) is 74.2. The Bertz CT molecular complexity index is 2280. The number of ketones is 1. The molecular formula is C35H65ClF6N4O20S6. The lowest BCUT2D eigenvalue weighted by Gasteiger charge is -2.25. The van der Waals surface area contributed by atoms with Gasteiger partial charge in [0.15, 0.2) is 5.78 Å². The Labute approximate surface area is 423 Å². The highest BCUT2D eigenvalue weighted by atomic mass is 35.7. The number of morpholine rings is 4. The number of carbonyl (C=O) groups is 2. The normalized spacial score (nSPS) is 17.8. The smallest absolute Gasteiger partial charge is 0.469 e. The van der Waals surface area contributed by atoms with Crippen LogP contribution in [0.5, 0.6) is 0 Å². The number of hydrogen-bond donors (Lipinski definition) is 1. The molecule has 4 saturated heterocycles. The van der Waals surface area contributed by atoms with E-state index in [4.69, 9.17) is 18.9 Å². The molecule has 37 heteroatoms. The third kappa shape index (κ3) is 36.8. The van der Waals surface area contributed by atoms with Crippen molar-refractivity contribution in [3.05, 3.63) is 0 Å². The molecule has 0 aliphatic carbocycles. The van der Waals surface area contributed by atoms with Crippen molar-refractivity contribution >= 4 is 81.8 Å². The predicted molar refractivity (Wildman–Crippen MR) is 249 cm³/mol. The molecule has 24 nitrogen and oxygen atoms in total. The van der Waals surface area contributed by atoms with Crippen LogP contribution in [0, 0.1) is 28.9 Å². The quantitative estimate of drug-likeness (QED) is 0.109. The molecule has 0 aromatic heterocycles. The van der Waals surface area contributed by atoms with Gasteiger partial charge in [0.2, 0.25) is 29.1 Å². The second-order valence-corrected chi connectivity index (χ2v) is 27.1. The van der Waals surface area contributed by atoms with Crippen LogP contribution in [0.3, 0.4) is 0 Å². The minimum Gasteiger partial charge on any atom is -0.469 e. The van der Waals surface area contributed by atoms with Gasteiger partial charge in [0.1, 0.15) is 5.75 Å². The zero-order valence-corrected chi connectivity index (χ0v) is 46.5. The summed E-state index contributed by atoms with van der Waals surface area (Å²) in [5, 5.41) is 5.48. The summed E-state index contributed by atoms with van der Waals surface area (Å²) < 4.78 is 226. The summed E-state index contributed by atoms with van der Waals surface area (Å²) >= 11 is 0. The Morgan fingerprint density at radius 1 is 0.597 bits per heavy atom. The molecule has 4 aliphatic rings. The van der Waals surface area contributed by atoms with E-state index in [-0.39, 0.29) is 35.3 Å². The molecule has 0 aromatic carbocycles. The first-order valence-electron chi connectivity index (χ1n) is 20.8. The van der Waals surface area contributed by atoms with Gasteiger partial charge in [-0.2, -0.15) is 64.5 Å². The molecule has 4 heterocycles. The van der Waals surface area contributed by atoms with Crippen LogP contribution in [0.1, 0.15) is 41.5 Å².